The van der Waals surface area contributed by atoms with Gasteiger partial charge < -0.3 is 20.4 Å². The number of carbonyl (C=O) groups is 3. The third-order valence-corrected chi connectivity index (χ3v) is 5.02. The molecular weight excluding hydrogens is 485 g/mol. The lowest BCUT2D eigenvalue weighted by molar-refractivity contribution is -0.192. The highest BCUT2D eigenvalue weighted by Crippen LogP contribution is 2.29. The number of hydrogen-bond donors (Lipinski definition) is 4. The Labute approximate surface area is 194 Å². The second kappa shape index (κ2) is 12.4. The Bertz CT molecular complexity index is 979. The van der Waals surface area contributed by atoms with Gasteiger partial charge in [0.1, 0.15) is 0 Å². The molecule has 0 bridgehead atoms. The molecule has 0 atom stereocenters. The van der Waals surface area contributed by atoms with Crippen LogP contribution in [0.25, 0.3) is 0 Å². The van der Waals surface area contributed by atoms with Crippen molar-refractivity contribution in [2.75, 3.05) is 55.1 Å². The van der Waals surface area contributed by atoms with Crippen LogP contribution in [-0.4, -0.2) is 93.1 Å². The van der Waals surface area contributed by atoms with Crippen LogP contribution in [0.1, 0.15) is 23.7 Å². The molecule has 192 valence electrons. The molecule has 15 heteroatoms. The van der Waals surface area contributed by atoms with E-state index in [2.05, 4.69) is 10.0 Å². The number of halogens is 3. The number of alkyl halides is 3. The molecule has 1 amide bonds. The van der Waals surface area contributed by atoms with Gasteiger partial charge in [0.25, 0.3) is 0 Å². The average molecular weight is 513 g/mol. The molecule has 11 nitrogen and oxygen atoms in total. The Morgan fingerprint density at radius 2 is 1.65 bits per heavy atom. The highest BCUT2D eigenvalue weighted by molar-refractivity contribution is 7.92. The van der Waals surface area contributed by atoms with Gasteiger partial charge in [0.05, 0.1) is 29.7 Å². The van der Waals surface area contributed by atoms with Gasteiger partial charge in [0.2, 0.25) is 15.9 Å². The average Bonchev–Trinajstić information content (AvgIpc) is 2.71. The Hall–Kier alpha value is -3.07. The summed E-state index contributed by atoms with van der Waals surface area (Å²) in [6.07, 6.45) is -3.17. The van der Waals surface area contributed by atoms with Crippen molar-refractivity contribution in [2.45, 2.75) is 19.5 Å². The van der Waals surface area contributed by atoms with Crippen molar-refractivity contribution in [3.8, 4) is 0 Å². The van der Waals surface area contributed by atoms with E-state index in [-0.39, 0.29) is 17.2 Å². The second-order valence-electron chi connectivity index (χ2n) is 7.33. The van der Waals surface area contributed by atoms with Gasteiger partial charge in [-0.3, -0.25) is 14.4 Å². The van der Waals surface area contributed by atoms with Gasteiger partial charge in [-0.1, -0.05) is 6.92 Å². The molecule has 1 aliphatic rings. The first kappa shape index (κ1) is 29.0. The number of amides is 1. The molecular formula is C19H27F3N4O7S. The number of hydrogen-bond acceptors (Lipinski definition) is 7. The van der Waals surface area contributed by atoms with Crippen LogP contribution >= 0.6 is 0 Å². The molecule has 0 radical (unpaired) electrons. The molecule has 2 rings (SSSR count). The summed E-state index contributed by atoms with van der Waals surface area (Å²) in [5.74, 6) is -3.89. The molecule has 34 heavy (non-hydrogen) atoms. The van der Waals surface area contributed by atoms with E-state index in [1.165, 1.54) is 12.1 Å². The van der Waals surface area contributed by atoms with Crippen molar-refractivity contribution < 1.29 is 46.2 Å². The van der Waals surface area contributed by atoms with E-state index in [0.29, 0.717) is 45.0 Å². The number of carbonyl (C=O) groups excluding carboxylic acids is 1. The summed E-state index contributed by atoms with van der Waals surface area (Å²) in [5, 5.41) is 19.1. The molecule has 0 spiro atoms. The number of aliphatic carboxylic acids is 1. The van der Waals surface area contributed by atoms with Crippen molar-refractivity contribution in [3.63, 3.8) is 0 Å². The first-order chi connectivity index (χ1) is 15.6. The number of nitrogens with zero attached hydrogens (tertiary/aromatic N) is 2. The SMILES string of the molecule is CCCNC(=O)CN1CCN(c2ccc(C(=O)O)cc2NS(C)(=O)=O)CC1.O=C(O)C(F)(F)F. The summed E-state index contributed by atoms with van der Waals surface area (Å²) in [5.41, 5.74) is 0.878. The topological polar surface area (TPSA) is 156 Å². The van der Waals surface area contributed by atoms with Crippen LogP contribution in [0.2, 0.25) is 0 Å². The highest BCUT2D eigenvalue weighted by atomic mass is 32.2. The van der Waals surface area contributed by atoms with Crippen LogP contribution in [0.4, 0.5) is 24.5 Å². The van der Waals surface area contributed by atoms with Gasteiger partial charge in [-0.2, -0.15) is 13.2 Å². The van der Waals surface area contributed by atoms with E-state index in [1.807, 2.05) is 16.7 Å². The second-order valence-corrected chi connectivity index (χ2v) is 9.08. The molecule has 0 aliphatic carbocycles. The predicted octanol–water partition coefficient (Wildman–Crippen LogP) is 1.04. The highest BCUT2D eigenvalue weighted by Gasteiger charge is 2.38. The van der Waals surface area contributed by atoms with Crippen LogP contribution in [0.5, 0.6) is 0 Å². The van der Waals surface area contributed by atoms with E-state index in [9.17, 15) is 31.2 Å². The lowest BCUT2D eigenvalue weighted by atomic mass is 10.1. The van der Waals surface area contributed by atoms with Gasteiger partial charge >= 0.3 is 18.1 Å². The molecule has 1 aliphatic heterocycles. The maximum absolute atomic E-state index is 11.8. The third kappa shape index (κ3) is 10.2. The molecule has 1 aromatic rings. The zero-order chi connectivity index (χ0) is 26.1. The Morgan fingerprint density at radius 1 is 1.09 bits per heavy atom. The molecule has 0 unspecified atom stereocenters. The van der Waals surface area contributed by atoms with Crippen LogP contribution in [-0.2, 0) is 19.6 Å². The number of carboxylic acids is 2. The van der Waals surface area contributed by atoms with E-state index < -0.39 is 28.1 Å². The number of rotatable bonds is 8. The van der Waals surface area contributed by atoms with Crippen LogP contribution in [0.15, 0.2) is 18.2 Å². The molecule has 1 saturated heterocycles. The summed E-state index contributed by atoms with van der Waals surface area (Å²) in [6.45, 7) is 5.50. The molecule has 1 heterocycles. The fourth-order valence-electron chi connectivity index (χ4n) is 2.90. The van der Waals surface area contributed by atoms with E-state index >= 15 is 0 Å². The minimum atomic E-state index is -5.08. The standard InChI is InChI=1S/C17H26N4O5S.C2HF3O2/c1-3-6-18-16(22)12-20-7-9-21(10-8-20)15-5-4-13(17(23)24)11-14(15)19-27(2,25)26;3-2(4,5)1(6)7/h4-5,11,19H,3,6-10,12H2,1-2H3,(H,18,22)(H,23,24);(H,6,7). The van der Waals surface area contributed by atoms with Crippen molar-refractivity contribution >= 4 is 39.2 Å². The summed E-state index contributed by atoms with van der Waals surface area (Å²) < 4.78 is 57.4. The van der Waals surface area contributed by atoms with Crippen LogP contribution < -0.4 is 14.9 Å². The third-order valence-electron chi connectivity index (χ3n) is 4.43. The predicted molar refractivity (Wildman–Crippen MR) is 118 cm³/mol. The van der Waals surface area contributed by atoms with Gasteiger partial charge in [0, 0.05) is 32.7 Å². The lowest BCUT2D eigenvalue weighted by Crippen LogP contribution is -2.49. The van der Waals surface area contributed by atoms with Crippen LogP contribution in [0, 0.1) is 0 Å². The minimum absolute atomic E-state index is 0.00413. The monoisotopic (exact) mass is 512 g/mol. The van der Waals surface area contributed by atoms with Gasteiger partial charge in [-0.05, 0) is 24.6 Å². The normalized spacial score (nSPS) is 14.6. The molecule has 0 saturated carbocycles. The van der Waals surface area contributed by atoms with E-state index in [1.54, 1.807) is 6.07 Å². The fourth-order valence-corrected chi connectivity index (χ4v) is 3.46. The van der Waals surface area contributed by atoms with Crippen molar-refractivity contribution in [1.29, 1.82) is 0 Å². The molecule has 1 fully saturated rings. The summed E-state index contributed by atoms with van der Waals surface area (Å²) in [6, 6.07) is 4.39. The zero-order valence-electron chi connectivity index (χ0n) is 18.6. The maximum Gasteiger partial charge on any atom is 0.490 e. The smallest absolute Gasteiger partial charge is 0.478 e. The molecule has 0 aromatic heterocycles. The summed E-state index contributed by atoms with van der Waals surface area (Å²) >= 11 is 0. The number of anilines is 2. The first-order valence-electron chi connectivity index (χ1n) is 10.0. The number of aromatic carboxylic acids is 1. The largest absolute Gasteiger partial charge is 0.490 e. The van der Waals surface area contributed by atoms with Gasteiger partial charge in [-0.25, -0.2) is 18.0 Å². The number of carboxylic acid groups (broad SMARTS) is 2. The zero-order valence-corrected chi connectivity index (χ0v) is 19.4. The Balaban J connectivity index is 0.000000718. The minimum Gasteiger partial charge on any atom is -0.478 e. The van der Waals surface area contributed by atoms with E-state index in [0.717, 1.165) is 12.7 Å². The van der Waals surface area contributed by atoms with Crippen LogP contribution in [0.3, 0.4) is 0 Å². The van der Waals surface area contributed by atoms with Crippen molar-refractivity contribution in [3.05, 3.63) is 23.8 Å². The van der Waals surface area contributed by atoms with E-state index in [4.69, 9.17) is 15.0 Å². The number of benzene rings is 1. The number of sulfonamides is 1. The molecule has 1 aromatic carbocycles. The quantitative estimate of drug-likeness (QED) is 0.400. The first-order valence-corrected chi connectivity index (χ1v) is 11.9. The van der Waals surface area contributed by atoms with Gasteiger partial charge in [0.15, 0.2) is 0 Å². The maximum atomic E-state index is 11.8. The number of nitrogens with one attached hydrogen (secondary N) is 2. The number of piperazine rings is 1. The summed E-state index contributed by atoms with van der Waals surface area (Å²) in [4.78, 5) is 35.9. The van der Waals surface area contributed by atoms with Gasteiger partial charge in [-0.15, -0.1) is 0 Å². The Kier molecular flexibility index (Phi) is 10.6. The van der Waals surface area contributed by atoms with Crippen molar-refractivity contribution in [1.82, 2.24) is 10.2 Å². The Morgan fingerprint density at radius 3 is 2.09 bits per heavy atom. The molecule has 4 N–H and O–H groups in total. The lowest BCUT2D eigenvalue weighted by Gasteiger charge is -2.36. The fraction of sp³-hybridized carbons (Fsp3) is 0.526. The summed E-state index contributed by atoms with van der Waals surface area (Å²) in [7, 11) is -3.55. The van der Waals surface area contributed by atoms with Crippen molar-refractivity contribution in [2.24, 2.45) is 0 Å².